The molecule has 40 heavy (non-hydrogen) atoms. The number of ether oxygens (including phenoxy) is 2. The Morgan fingerprint density at radius 2 is 2.08 bits per heavy atom. The van der Waals surface area contributed by atoms with Gasteiger partial charge in [0.05, 0.1) is 22.3 Å². The first-order valence-corrected chi connectivity index (χ1v) is 12.6. The number of pyridine rings is 2. The van der Waals surface area contributed by atoms with Crippen LogP contribution in [0.5, 0.6) is 17.2 Å². The van der Waals surface area contributed by atoms with Gasteiger partial charge < -0.3 is 24.8 Å². The predicted octanol–water partition coefficient (Wildman–Crippen LogP) is 3.96. The summed E-state index contributed by atoms with van der Waals surface area (Å²) in [5.41, 5.74) is 1.49. The van der Waals surface area contributed by atoms with Crippen LogP contribution in [0.25, 0.3) is 16.7 Å². The van der Waals surface area contributed by atoms with Gasteiger partial charge in [0, 0.05) is 44.0 Å². The lowest BCUT2D eigenvalue weighted by Crippen LogP contribution is -2.56. The lowest BCUT2D eigenvalue weighted by atomic mass is 10.2. The zero-order chi connectivity index (χ0) is 27.4. The fraction of sp³-hybridized carbons (Fsp3) is 0.200. The molecule has 1 saturated heterocycles. The van der Waals surface area contributed by atoms with Crippen LogP contribution in [0.1, 0.15) is 0 Å². The number of hydrogen-bond donors (Lipinski definition) is 2. The monoisotopic (exact) mass is 563 g/mol. The van der Waals surface area contributed by atoms with Gasteiger partial charge in [0.15, 0.2) is 23.0 Å². The first-order valence-electron chi connectivity index (χ1n) is 12.2. The second kappa shape index (κ2) is 9.34. The molecule has 6 heterocycles. The number of amides is 1. The minimum atomic E-state index is -0.983. The van der Waals surface area contributed by atoms with Gasteiger partial charge in [-0.25, -0.2) is 33.6 Å². The van der Waals surface area contributed by atoms with Crippen molar-refractivity contribution in [1.29, 1.82) is 0 Å². The van der Waals surface area contributed by atoms with Crippen molar-refractivity contribution in [2.75, 3.05) is 36.5 Å². The van der Waals surface area contributed by atoms with E-state index in [1.807, 2.05) is 4.90 Å². The van der Waals surface area contributed by atoms with E-state index in [0.717, 1.165) is 0 Å². The fourth-order valence-electron chi connectivity index (χ4n) is 4.83. The molecule has 0 unspecified atom stereocenters. The largest absolute Gasteiger partial charge is 0.487 e. The Labute approximate surface area is 229 Å². The summed E-state index contributed by atoms with van der Waals surface area (Å²) in [4.78, 5) is 32.4. The third kappa shape index (κ3) is 4.18. The SMILES string of the molecule is O=C(O)N1CCN2C[C@H]1COc1cc3ncnc(Nc4cc(Cl)c(Oc5ccn6ncnc6c5)cc4F)c3nc12. The van der Waals surface area contributed by atoms with E-state index in [1.165, 1.54) is 29.7 Å². The van der Waals surface area contributed by atoms with Crippen molar-refractivity contribution in [3.05, 3.63) is 60.0 Å². The van der Waals surface area contributed by atoms with E-state index in [-0.39, 0.29) is 34.9 Å². The molecule has 1 atom stereocenters. The number of benzene rings is 1. The third-order valence-corrected chi connectivity index (χ3v) is 7.07. The molecule has 15 heteroatoms. The molecule has 0 aliphatic carbocycles. The summed E-state index contributed by atoms with van der Waals surface area (Å²) in [6.45, 7) is 1.40. The molecule has 5 aromatic rings. The number of nitrogens with one attached hydrogen (secondary N) is 1. The molecule has 13 nitrogen and oxygen atoms in total. The molecule has 1 aromatic carbocycles. The number of halogens is 2. The minimum absolute atomic E-state index is 0.0633. The lowest BCUT2D eigenvalue weighted by molar-refractivity contribution is 0.101. The average Bonchev–Trinajstić information content (AvgIpc) is 3.37. The van der Waals surface area contributed by atoms with Crippen LogP contribution in [0.4, 0.5) is 26.5 Å². The number of carbonyl (C=O) groups is 1. The van der Waals surface area contributed by atoms with Gasteiger partial charge in [-0.05, 0) is 12.1 Å². The predicted molar refractivity (Wildman–Crippen MR) is 141 cm³/mol. The van der Waals surface area contributed by atoms with E-state index in [1.54, 1.807) is 28.9 Å². The summed E-state index contributed by atoms with van der Waals surface area (Å²) in [5, 5.41) is 16.7. The van der Waals surface area contributed by atoms with Crippen molar-refractivity contribution < 1.29 is 23.8 Å². The zero-order valence-corrected chi connectivity index (χ0v) is 21.3. The molecule has 4 aromatic heterocycles. The van der Waals surface area contributed by atoms with Crippen LogP contribution in [0, 0.1) is 5.82 Å². The van der Waals surface area contributed by atoms with Crippen LogP contribution in [-0.2, 0) is 0 Å². The van der Waals surface area contributed by atoms with Gasteiger partial charge in [-0.2, -0.15) is 5.10 Å². The summed E-state index contributed by atoms with van der Waals surface area (Å²) >= 11 is 6.46. The Bertz CT molecular complexity index is 1800. The van der Waals surface area contributed by atoms with Gasteiger partial charge in [0.1, 0.15) is 42.1 Å². The highest BCUT2D eigenvalue weighted by Gasteiger charge is 2.35. The summed E-state index contributed by atoms with van der Waals surface area (Å²) in [6.07, 6.45) is 3.43. The van der Waals surface area contributed by atoms with Crippen molar-refractivity contribution in [2.24, 2.45) is 0 Å². The average molecular weight is 564 g/mol. The van der Waals surface area contributed by atoms with Crippen LogP contribution in [-0.4, -0.2) is 77.9 Å². The van der Waals surface area contributed by atoms with Gasteiger partial charge in [-0.3, -0.25) is 4.90 Å². The second-order valence-corrected chi connectivity index (χ2v) is 9.61. The number of piperazine rings is 1. The van der Waals surface area contributed by atoms with E-state index in [4.69, 9.17) is 26.1 Å². The highest BCUT2D eigenvalue weighted by Crippen LogP contribution is 2.38. The van der Waals surface area contributed by atoms with Crippen LogP contribution in [0.3, 0.4) is 0 Å². The summed E-state index contributed by atoms with van der Waals surface area (Å²) < 4.78 is 28.6. The molecule has 2 bridgehead atoms. The molecule has 1 amide bonds. The van der Waals surface area contributed by atoms with E-state index in [9.17, 15) is 9.90 Å². The fourth-order valence-corrected chi connectivity index (χ4v) is 5.03. The number of fused-ring (bicyclic) bond motifs is 6. The van der Waals surface area contributed by atoms with E-state index in [0.29, 0.717) is 53.6 Å². The standard InChI is InChI=1S/C25H19ClFN9O4/c26-15-6-17(16(27)7-19(15)40-14-1-2-36-21(5-14)29-12-31-36)32-23-22-18(28-11-30-23)8-20-24(33-22)34-3-4-35(25(37)38)13(9-34)10-39-20/h1-2,5-8,11-13H,3-4,9-10H2,(H,37,38)(H,28,30,32)/t13-/m0/s1. The lowest BCUT2D eigenvalue weighted by Gasteiger charge is -2.37. The molecule has 2 N–H and O–H groups in total. The minimum Gasteiger partial charge on any atom is -0.487 e. The third-order valence-electron chi connectivity index (χ3n) is 6.77. The maximum absolute atomic E-state index is 15.2. The second-order valence-electron chi connectivity index (χ2n) is 9.20. The number of anilines is 3. The van der Waals surface area contributed by atoms with Gasteiger partial charge in [-0.1, -0.05) is 11.6 Å². The molecule has 0 radical (unpaired) electrons. The van der Waals surface area contributed by atoms with Crippen LogP contribution in [0.15, 0.2) is 49.2 Å². The smallest absolute Gasteiger partial charge is 0.407 e. The zero-order valence-electron chi connectivity index (χ0n) is 20.5. The van der Waals surface area contributed by atoms with Gasteiger partial charge >= 0.3 is 6.09 Å². The molecular formula is C25H19ClFN9O4. The number of rotatable bonds is 4. The van der Waals surface area contributed by atoms with E-state index < -0.39 is 11.9 Å². The van der Waals surface area contributed by atoms with Crippen LogP contribution >= 0.6 is 11.6 Å². The molecule has 7 rings (SSSR count). The summed E-state index contributed by atoms with van der Waals surface area (Å²) in [7, 11) is 0. The number of aromatic nitrogens is 6. The number of carboxylic acid groups (broad SMARTS) is 1. The normalized spacial score (nSPS) is 16.4. The highest BCUT2D eigenvalue weighted by molar-refractivity contribution is 6.32. The van der Waals surface area contributed by atoms with Crippen molar-refractivity contribution in [3.63, 3.8) is 0 Å². The first-order chi connectivity index (χ1) is 19.4. The molecule has 2 aliphatic heterocycles. The van der Waals surface area contributed by atoms with Crippen molar-refractivity contribution in [3.8, 4) is 17.2 Å². The highest BCUT2D eigenvalue weighted by atomic mass is 35.5. The number of hydrogen-bond acceptors (Lipinski definition) is 10. The molecule has 0 spiro atoms. The topological polar surface area (TPSA) is 143 Å². The molecular weight excluding hydrogens is 545 g/mol. The van der Waals surface area contributed by atoms with Crippen LogP contribution < -0.4 is 19.7 Å². The Kier molecular flexibility index (Phi) is 5.62. The van der Waals surface area contributed by atoms with Gasteiger partial charge in [-0.15, -0.1) is 0 Å². The summed E-state index contributed by atoms with van der Waals surface area (Å²) in [5.74, 6) is 1.22. The van der Waals surface area contributed by atoms with E-state index >= 15 is 4.39 Å². The molecule has 202 valence electrons. The maximum atomic E-state index is 15.2. The first kappa shape index (κ1) is 24.1. The maximum Gasteiger partial charge on any atom is 0.407 e. The Hall–Kier alpha value is -4.98. The van der Waals surface area contributed by atoms with Crippen LogP contribution in [0.2, 0.25) is 5.02 Å². The Morgan fingerprint density at radius 3 is 2.95 bits per heavy atom. The van der Waals surface area contributed by atoms with Gasteiger partial charge in [0.2, 0.25) is 0 Å². The van der Waals surface area contributed by atoms with E-state index in [2.05, 4.69) is 25.4 Å². The molecule has 2 aliphatic rings. The quantitative estimate of drug-likeness (QED) is 0.328. The Morgan fingerprint density at radius 1 is 1.18 bits per heavy atom. The Balaban J connectivity index is 1.19. The van der Waals surface area contributed by atoms with Crippen molar-refractivity contribution in [2.45, 2.75) is 6.04 Å². The summed E-state index contributed by atoms with van der Waals surface area (Å²) in [6, 6.07) is 7.29. The molecule has 1 fully saturated rings. The molecule has 0 saturated carbocycles. The van der Waals surface area contributed by atoms with Crippen molar-refractivity contribution in [1.82, 2.24) is 34.4 Å². The number of nitrogens with zero attached hydrogens (tertiary/aromatic N) is 8. The van der Waals surface area contributed by atoms with Gasteiger partial charge in [0.25, 0.3) is 0 Å². The van der Waals surface area contributed by atoms with Crippen molar-refractivity contribution >= 4 is 51.7 Å².